The minimum Gasteiger partial charge on any atom is -0.482 e. The molecule has 0 atom stereocenters. The van der Waals surface area contributed by atoms with Gasteiger partial charge in [0.05, 0.1) is 10.9 Å². The molecular weight excluding hydrogens is 552 g/mol. The van der Waals surface area contributed by atoms with Crippen LogP contribution >= 0.6 is 0 Å². The summed E-state index contributed by atoms with van der Waals surface area (Å²) in [6, 6.07) is 23.4. The van der Waals surface area contributed by atoms with Crippen molar-refractivity contribution in [2.75, 3.05) is 13.2 Å². The van der Waals surface area contributed by atoms with Crippen LogP contribution in [0.25, 0.3) is 0 Å². The van der Waals surface area contributed by atoms with E-state index in [9.17, 15) is 14.4 Å². The standard InChI is InChI=1S/C34H41O7S/c1-8-25(35)21-24-9-15-28(16-10-24)42(29-17-11-26(12-18-29)38-22-31(36)40-33(2,3)4)30-19-13-27(14-20-30)39-23-32(37)41-34(5,6)7/h9-20H,8,21-23H2,1-7H3/q+1. The molecule has 42 heavy (non-hydrogen) atoms. The van der Waals surface area contributed by atoms with Gasteiger partial charge in [-0.25, -0.2) is 9.59 Å². The predicted molar refractivity (Wildman–Crippen MR) is 163 cm³/mol. The van der Waals surface area contributed by atoms with Crippen LogP contribution in [0.2, 0.25) is 0 Å². The van der Waals surface area contributed by atoms with Gasteiger partial charge in [0.2, 0.25) is 0 Å². The zero-order valence-corrected chi connectivity index (χ0v) is 26.3. The van der Waals surface area contributed by atoms with Crippen molar-refractivity contribution in [3.05, 3.63) is 78.4 Å². The van der Waals surface area contributed by atoms with E-state index >= 15 is 0 Å². The number of rotatable bonds is 12. The Kier molecular flexibility index (Phi) is 11.2. The van der Waals surface area contributed by atoms with Crippen LogP contribution < -0.4 is 9.47 Å². The first-order chi connectivity index (χ1) is 19.7. The molecule has 0 N–H and O–H groups in total. The number of benzene rings is 3. The van der Waals surface area contributed by atoms with E-state index in [1.165, 1.54) is 0 Å². The third-order valence-electron chi connectivity index (χ3n) is 5.63. The van der Waals surface area contributed by atoms with E-state index in [-0.39, 0.29) is 19.0 Å². The summed E-state index contributed by atoms with van der Waals surface area (Å²) in [5.74, 6) is 0.467. The maximum Gasteiger partial charge on any atom is 0.344 e. The average Bonchev–Trinajstić information content (AvgIpc) is 2.91. The fraction of sp³-hybridized carbons (Fsp3) is 0.382. The molecule has 3 aromatic carbocycles. The molecule has 224 valence electrons. The summed E-state index contributed by atoms with van der Waals surface area (Å²) in [4.78, 5) is 39.2. The van der Waals surface area contributed by atoms with E-state index in [0.29, 0.717) is 24.3 Å². The largest absolute Gasteiger partial charge is 0.482 e. The van der Waals surface area contributed by atoms with Crippen molar-refractivity contribution >= 4 is 28.6 Å². The second-order valence-corrected chi connectivity index (χ2v) is 13.7. The number of esters is 2. The van der Waals surface area contributed by atoms with Crippen LogP contribution in [0.3, 0.4) is 0 Å². The van der Waals surface area contributed by atoms with Gasteiger partial charge in [-0.05, 0) is 108 Å². The third kappa shape index (κ3) is 10.9. The topological polar surface area (TPSA) is 88.1 Å². The first-order valence-electron chi connectivity index (χ1n) is 14.0. The highest BCUT2D eigenvalue weighted by Gasteiger charge is 2.29. The molecule has 0 saturated heterocycles. The fourth-order valence-electron chi connectivity index (χ4n) is 3.87. The van der Waals surface area contributed by atoms with Gasteiger partial charge >= 0.3 is 11.9 Å². The van der Waals surface area contributed by atoms with Crippen molar-refractivity contribution < 1.29 is 33.3 Å². The Balaban J connectivity index is 1.81. The number of carbonyl (C=O) groups excluding carboxylic acids is 3. The van der Waals surface area contributed by atoms with Gasteiger partial charge in [-0.15, -0.1) is 0 Å². The Morgan fingerprint density at radius 3 is 1.29 bits per heavy atom. The molecule has 3 aromatic rings. The molecule has 0 radical (unpaired) electrons. The number of hydrogen-bond acceptors (Lipinski definition) is 7. The lowest BCUT2D eigenvalue weighted by Crippen LogP contribution is -2.27. The van der Waals surface area contributed by atoms with E-state index in [0.717, 1.165) is 20.2 Å². The maximum absolute atomic E-state index is 12.1. The molecule has 3 rings (SSSR count). The zero-order valence-electron chi connectivity index (χ0n) is 25.5. The summed E-state index contributed by atoms with van der Waals surface area (Å²) >= 11 is 0. The molecule has 0 amide bonds. The number of ketones is 1. The smallest absolute Gasteiger partial charge is 0.344 e. The first kappa shape index (κ1) is 32.7. The summed E-state index contributed by atoms with van der Waals surface area (Å²) < 4.78 is 22.0. The van der Waals surface area contributed by atoms with Crippen molar-refractivity contribution in [2.24, 2.45) is 0 Å². The quantitative estimate of drug-likeness (QED) is 0.170. The van der Waals surface area contributed by atoms with Crippen LogP contribution in [0.15, 0.2) is 87.5 Å². The van der Waals surface area contributed by atoms with Crippen molar-refractivity contribution in [3.63, 3.8) is 0 Å². The normalized spacial score (nSPS) is 11.6. The summed E-state index contributed by atoms with van der Waals surface area (Å²) in [5.41, 5.74) is -0.172. The number of hydrogen-bond donors (Lipinski definition) is 0. The van der Waals surface area contributed by atoms with Crippen LogP contribution in [0.4, 0.5) is 0 Å². The highest BCUT2D eigenvalue weighted by molar-refractivity contribution is 7.97. The van der Waals surface area contributed by atoms with Crippen LogP contribution in [-0.2, 0) is 41.2 Å². The van der Waals surface area contributed by atoms with E-state index in [2.05, 4.69) is 12.1 Å². The van der Waals surface area contributed by atoms with Gasteiger partial charge < -0.3 is 18.9 Å². The maximum atomic E-state index is 12.1. The number of Topliss-reactive ketones (excluding diaryl/α,β-unsaturated/α-hetero) is 1. The lowest BCUT2D eigenvalue weighted by atomic mass is 10.1. The summed E-state index contributed by atoms with van der Waals surface area (Å²) in [6.07, 6.45) is 0.925. The van der Waals surface area contributed by atoms with Crippen LogP contribution in [-0.4, -0.2) is 42.1 Å². The Morgan fingerprint density at radius 1 is 0.595 bits per heavy atom. The van der Waals surface area contributed by atoms with Crippen LogP contribution in [0.5, 0.6) is 11.5 Å². The number of ether oxygens (including phenoxy) is 4. The van der Waals surface area contributed by atoms with Crippen LogP contribution in [0, 0.1) is 0 Å². The summed E-state index contributed by atoms with van der Waals surface area (Å²) in [5, 5.41) is 0. The molecule has 0 fully saturated rings. The summed E-state index contributed by atoms with van der Waals surface area (Å²) in [6.45, 7) is 12.4. The molecular formula is C34H41O7S+. The molecule has 0 aliphatic heterocycles. The van der Waals surface area contributed by atoms with Gasteiger partial charge in [0.25, 0.3) is 0 Å². The molecule has 0 unspecified atom stereocenters. The summed E-state index contributed by atoms with van der Waals surface area (Å²) in [7, 11) is -0.485. The van der Waals surface area contributed by atoms with E-state index < -0.39 is 34.0 Å². The van der Waals surface area contributed by atoms with Gasteiger partial charge in [-0.2, -0.15) is 0 Å². The Labute approximate surface area is 251 Å². The van der Waals surface area contributed by atoms with Crippen molar-refractivity contribution in [3.8, 4) is 11.5 Å². The second-order valence-electron chi connectivity index (χ2n) is 11.7. The Hall–Kier alpha value is -3.78. The molecule has 8 heteroatoms. The van der Waals surface area contributed by atoms with E-state index in [1.54, 1.807) is 0 Å². The number of carbonyl (C=O) groups is 3. The molecule has 0 aromatic heterocycles. The first-order valence-corrected chi connectivity index (χ1v) is 15.2. The molecule has 0 heterocycles. The third-order valence-corrected chi connectivity index (χ3v) is 7.86. The Bertz CT molecular complexity index is 1260. The fourth-order valence-corrected chi connectivity index (χ4v) is 5.92. The van der Waals surface area contributed by atoms with Gasteiger partial charge in [0.15, 0.2) is 27.9 Å². The predicted octanol–water partition coefficient (Wildman–Crippen LogP) is 6.74. The SMILES string of the molecule is CCC(=O)Cc1ccc([S+](c2ccc(OCC(=O)OC(C)(C)C)cc2)c2ccc(OCC(=O)OC(C)(C)C)cc2)cc1. The molecule has 0 saturated carbocycles. The highest BCUT2D eigenvalue weighted by Crippen LogP contribution is 2.33. The van der Waals surface area contributed by atoms with E-state index in [1.807, 2.05) is 109 Å². The molecule has 0 aliphatic carbocycles. The lowest BCUT2D eigenvalue weighted by Gasteiger charge is -2.19. The van der Waals surface area contributed by atoms with Crippen LogP contribution in [0.1, 0.15) is 60.5 Å². The average molecular weight is 594 g/mol. The zero-order chi connectivity index (χ0) is 30.9. The Morgan fingerprint density at radius 2 is 0.952 bits per heavy atom. The monoisotopic (exact) mass is 593 g/mol. The van der Waals surface area contributed by atoms with E-state index in [4.69, 9.17) is 18.9 Å². The van der Waals surface area contributed by atoms with Gasteiger partial charge in [0.1, 0.15) is 28.5 Å². The van der Waals surface area contributed by atoms with Crippen molar-refractivity contribution in [1.29, 1.82) is 0 Å². The molecule has 0 bridgehead atoms. The molecule has 7 nitrogen and oxygen atoms in total. The van der Waals surface area contributed by atoms with Crippen molar-refractivity contribution in [1.82, 2.24) is 0 Å². The lowest BCUT2D eigenvalue weighted by molar-refractivity contribution is -0.158. The molecule has 0 aliphatic rings. The van der Waals surface area contributed by atoms with Gasteiger partial charge in [-0.3, -0.25) is 4.79 Å². The van der Waals surface area contributed by atoms with Crippen molar-refractivity contribution in [2.45, 2.75) is 87.2 Å². The van der Waals surface area contributed by atoms with Gasteiger partial charge in [-0.1, -0.05) is 19.1 Å². The minimum atomic E-state index is -0.575. The minimum absolute atomic E-state index is 0.176. The van der Waals surface area contributed by atoms with Gasteiger partial charge in [0, 0.05) is 12.8 Å². The molecule has 0 spiro atoms. The second kappa shape index (κ2) is 14.4. The highest BCUT2D eigenvalue weighted by atomic mass is 32.2.